The quantitative estimate of drug-likeness (QED) is 0.879. The molecule has 9 heteroatoms. The van der Waals surface area contributed by atoms with E-state index in [1.165, 1.54) is 4.90 Å². The molecule has 1 aliphatic heterocycles. The van der Waals surface area contributed by atoms with Crippen LogP contribution in [0.2, 0.25) is 0 Å². The summed E-state index contributed by atoms with van der Waals surface area (Å²) in [5.41, 5.74) is 1.74. The molecule has 1 amide bonds. The normalized spacial score (nSPS) is 16.8. The number of fused-ring (bicyclic) bond motifs is 1. The molecular weight excluding hydrogens is 349 g/mol. The number of aliphatic imine (C=N–C) groups is 1. The Bertz CT molecular complexity index is 887. The van der Waals surface area contributed by atoms with Crippen LogP contribution in [0.3, 0.4) is 0 Å². The molecule has 2 aromatic rings. The van der Waals surface area contributed by atoms with Crippen LogP contribution in [0, 0.1) is 0 Å². The number of carbonyl (C=O) groups is 1. The van der Waals surface area contributed by atoms with Crippen LogP contribution in [0.5, 0.6) is 0 Å². The van der Waals surface area contributed by atoms with E-state index in [2.05, 4.69) is 15.3 Å². The van der Waals surface area contributed by atoms with Gasteiger partial charge < -0.3 is 0 Å². The van der Waals surface area contributed by atoms with Crippen molar-refractivity contribution in [3.63, 3.8) is 0 Å². The molecule has 1 N–H and O–H groups in total. The van der Waals surface area contributed by atoms with Gasteiger partial charge in [0.05, 0.1) is 0 Å². The third-order valence-electron chi connectivity index (χ3n) is 3.81. The first-order valence-corrected chi connectivity index (χ1v) is 9.50. The Morgan fingerprint density at radius 3 is 2.92 bits per heavy atom. The van der Waals surface area contributed by atoms with Gasteiger partial charge in [-0.25, -0.2) is 0 Å². The Hall–Kier alpha value is -2.29. The third kappa shape index (κ3) is 3.77. The van der Waals surface area contributed by atoms with Crippen molar-refractivity contribution in [1.29, 1.82) is 0 Å². The molecule has 0 saturated carbocycles. The van der Waals surface area contributed by atoms with Gasteiger partial charge in [-0.3, -0.25) is 0 Å². The fraction of sp³-hybridized carbons (Fsp3) is 0.412. The Morgan fingerprint density at radius 1 is 1.46 bits per heavy atom. The molecule has 136 valence electrons. The van der Waals surface area contributed by atoms with Crippen molar-refractivity contribution in [2.45, 2.75) is 32.4 Å². The Kier molecular flexibility index (Phi) is 5.09. The molecule has 0 saturated heterocycles. The average molecular weight is 371 g/mol. The van der Waals surface area contributed by atoms with Gasteiger partial charge in [0.25, 0.3) is 0 Å². The Labute approximate surface area is 157 Å². The zero-order valence-corrected chi connectivity index (χ0v) is 16.4. The van der Waals surface area contributed by atoms with Crippen LogP contribution in [0.4, 0.5) is 10.4 Å². The van der Waals surface area contributed by atoms with E-state index in [1.807, 2.05) is 62.8 Å². The van der Waals surface area contributed by atoms with Gasteiger partial charge in [0.15, 0.2) is 0 Å². The first kappa shape index (κ1) is 18.5. The van der Waals surface area contributed by atoms with Gasteiger partial charge >= 0.3 is 157 Å². The van der Waals surface area contributed by atoms with E-state index in [4.69, 9.17) is 4.74 Å². The number of anilines is 1. The number of hydrogen-bond acceptors (Lipinski definition) is 6. The van der Waals surface area contributed by atoms with E-state index in [0.717, 1.165) is 10.9 Å². The number of amides is 1. The van der Waals surface area contributed by atoms with Crippen molar-refractivity contribution in [2.24, 2.45) is 4.99 Å². The molecule has 1 atom stereocenters. The first-order chi connectivity index (χ1) is 12.3. The minimum absolute atomic E-state index is 0.129. The van der Waals surface area contributed by atoms with Crippen molar-refractivity contribution < 1.29 is 9.53 Å². The molecule has 0 spiro atoms. The predicted octanol–water partition coefficient (Wildman–Crippen LogP) is 2.92. The van der Waals surface area contributed by atoms with Gasteiger partial charge in [-0.1, -0.05) is 0 Å². The number of carbonyl (C=O) groups excluding carboxylic acids is 1. The SMILES string of the molecule is CSC1=NC(c2cnc3c(N(C)C(=O)OC(C)(C)C)bccn23)C=CN1. The van der Waals surface area contributed by atoms with Crippen LogP contribution in [-0.2, 0) is 4.74 Å². The average Bonchev–Trinajstić information content (AvgIpc) is 3.03. The maximum absolute atomic E-state index is 12.4. The van der Waals surface area contributed by atoms with E-state index in [1.54, 1.807) is 25.0 Å². The summed E-state index contributed by atoms with van der Waals surface area (Å²) in [6, 6.07) is -0.129. The molecule has 0 fully saturated rings. The molecule has 7 nitrogen and oxygen atoms in total. The van der Waals surface area contributed by atoms with Crippen LogP contribution in [-0.4, -0.2) is 46.5 Å². The summed E-state index contributed by atoms with van der Waals surface area (Å²) in [6.45, 7) is 7.39. The summed E-state index contributed by atoms with van der Waals surface area (Å²) in [7, 11) is 1.69. The molecule has 3 heterocycles. The molecular formula is C17H22BN5O2S. The number of hydrogen-bond donors (Lipinski definition) is 1. The third-order valence-corrected chi connectivity index (χ3v) is 4.42. The number of rotatable bonds is 2. The van der Waals surface area contributed by atoms with E-state index in [9.17, 15) is 4.79 Å². The van der Waals surface area contributed by atoms with Gasteiger partial charge in [0.1, 0.15) is 0 Å². The summed E-state index contributed by atoms with van der Waals surface area (Å²) >= 11 is 1.56. The Balaban J connectivity index is 1.97. The standard InChI is InChI=1S/C17H22BN5O2S/c1-17(2,3)25-16(24)22(4)13-14-20-10-12(23(14)9-7-18-13)11-6-8-19-15(21-11)26-5/h6-11H,1-5H3,(H,19,21). The van der Waals surface area contributed by atoms with Crippen LogP contribution in [0.15, 0.2) is 35.6 Å². The Morgan fingerprint density at radius 2 is 2.23 bits per heavy atom. The summed E-state index contributed by atoms with van der Waals surface area (Å²) in [4.78, 5) is 23.1. The van der Waals surface area contributed by atoms with Crippen LogP contribution in [0.25, 0.3) is 5.65 Å². The van der Waals surface area contributed by atoms with Gasteiger partial charge in [-0.2, -0.15) is 0 Å². The zero-order valence-electron chi connectivity index (χ0n) is 15.6. The van der Waals surface area contributed by atoms with E-state index < -0.39 is 11.7 Å². The number of ether oxygens (including phenoxy) is 1. The number of thioether (sulfide) groups is 1. The van der Waals surface area contributed by atoms with E-state index in [0.29, 0.717) is 11.2 Å². The van der Waals surface area contributed by atoms with Gasteiger partial charge in [0.2, 0.25) is 0 Å². The maximum atomic E-state index is 12.4. The molecule has 0 aliphatic carbocycles. The summed E-state index contributed by atoms with van der Waals surface area (Å²) in [5.74, 6) is 1.89. The minimum atomic E-state index is -0.556. The van der Waals surface area contributed by atoms with Gasteiger partial charge in [0, 0.05) is 0 Å². The predicted molar refractivity (Wildman–Crippen MR) is 107 cm³/mol. The summed E-state index contributed by atoms with van der Waals surface area (Å²) < 4.78 is 7.42. The van der Waals surface area contributed by atoms with Crippen LogP contribution < -0.4 is 10.2 Å². The molecule has 2 aromatic heterocycles. The number of aromatic nitrogens is 2. The monoisotopic (exact) mass is 371 g/mol. The molecule has 3 rings (SSSR count). The molecule has 0 radical (unpaired) electrons. The number of nitrogens with zero attached hydrogens (tertiary/aromatic N) is 4. The van der Waals surface area contributed by atoms with Crippen molar-refractivity contribution in [3.8, 4) is 0 Å². The van der Waals surface area contributed by atoms with Crippen LogP contribution in [0.1, 0.15) is 32.5 Å². The van der Waals surface area contributed by atoms with E-state index in [-0.39, 0.29) is 6.04 Å². The van der Waals surface area contributed by atoms with Gasteiger partial charge in [-0.15, -0.1) is 0 Å². The fourth-order valence-corrected chi connectivity index (χ4v) is 3.02. The van der Waals surface area contributed by atoms with Crippen molar-refractivity contribution >= 4 is 41.2 Å². The zero-order chi connectivity index (χ0) is 18.9. The number of nitrogens with one attached hydrogen (secondary N) is 1. The molecule has 0 aromatic carbocycles. The second-order valence-electron chi connectivity index (χ2n) is 6.90. The first-order valence-electron chi connectivity index (χ1n) is 8.28. The van der Waals surface area contributed by atoms with Crippen molar-refractivity contribution in [3.05, 3.63) is 36.3 Å². The number of amidine groups is 1. The molecule has 0 bridgehead atoms. The van der Waals surface area contributed by atoms with E-state index >= 15 is 0 Å². The molecule has 26 heavy (non-hydrogen) atoms. The summed E-state index contributed by atoms with van der Waals surface area (Å²) in [6.07, 6.45) is 9.15. The fourth-order valence-electron chi connectivity index (χ4n) is 2.62. The van der Waals surface area contributed by atoms with Crippen molar-refractivity contribution in [2.75, 3.05) is 18.2 Å². The van der Waals surface area contributed by atoms with Gasteiger partial charge in [-0.05, 0) is 0 Å². The van der Waals surface area contributed by atoms with Crippen LogP contribution >= 0.6 is 11.8 Å². The summed E-state index contributed by atoms with van der Waals surface area (Å²) in [5, 5.41) is 3.96. The topological polar surface area (TPSA) is 71.2 Å². The molecule has 1 aliphatic rings. The molecule has 1 unspecified atom stereocenters. The number of imidazole rings is 1. The second kappa shape index (κ2) is 7.15. The van der Waals surface area contributed by atoms with Crippen molar-refractivity contribution in [1.82, 2.24) is 14.7 Å². The second-order valence-corrected chi connectivity index (χ2v) is 7.69.